The quantitative estimate of drug-likeness (QED) is 0.356. The predicted octanol–water partition coefficient (Wildman–Crippen LogP) is 1.18. The molecule has 0 spiro atoms. The van der Waals surface area contributed by atoms with Crippen molar-refractivity contribution in [2.75, 3.05) is 11.9 Å². The largest absolute Gasteiger partial charge is 0.355 e. The molecule has 0 aromatic heterocycles. The van der Waals surface area contributed by atoms with E-state index >= 15 is 0 Å². The van der Waals surface area contributed by atoms with Crippen molar-refractivity contribution in [1.82, 2.24) is 5.32 Å². The number of carbonyl (C=O) groups excluding carboxylic acids is 3. The Hall–Kier alpha value is -0.750. The summed E-state index contributed by atoms with van der Waals surface area (Å²) in [6, 6.07) is -0.689. The van der Waals surface area contributed by atoms with Crippen molar-refractivity contribution < 1.29 is 14.4 Å². The van der Waals surface area contributed by atoms with Gasteiger partial charge >= 0.3 is 0 Å². The Bertz CT molecular complexity index is 319. The van der Waals surface area contributed by atoms with Crippen molar-refractivity contribution in [2.24, 2.45) is 11.7 Å². The van der Waals surface area contributed by atoms with Crippen molar-refractivity contribution in [2.45, 2.75) is 45.6 Å². The lowest BCUT2D eigenvalue weighted by Crippen LogP contribution is -2.40. The number of nitrogens with two attached hydrogens (primary N) is 1. The standard InChI is InChI=1S/C13H23BrN2O3/c1-9(2)12(15)13(19)10(17)6-4-3-5-7-16-11(18)8-14/h9,12H,3-8,15H2,1-2H3,(H,16,18). The molecule has 0 fully saturated rings. The molecule has 0 bridgehead atoms. The van der Waals surface area contributed by atoms with Crippen LogP contribution < -0.4 is 11.1 Å². The first-order valence-electron chi connectivity index (χ1n) is 6.55. The Kier molecular flexibility index (Phi) is 9.69. The summed E-state index contributed by atoms with van der Waals surface area (Å²) < 4.78 is 0. The molecule has 0 saturated heterocycles. The average Bonchev–Trinajstić information content (AvgIpc) is 2.39. The molecule has 0 aliphatic heterocycles. The Morgan fingerprint density at radius 1 is 1.16 bits per heavy atom. The van der Waals surface area contributed by atoms with Crippen molar-refractivity contribution in [1.29, 1.82) is 0 Å². The third-order valence-corrected chi connectivity index (χ3v) is 3.33. The van der Waals surface area contributed by atoms with Gasteiger partial charge in [0.15, 0.2) is 5.78 Å². The van der Waals surface area contributed by atoms with Crippen molar-refractivity contribution in [3.63, 3.8) is 0 Å². The molecule has 0 heterocycles. The lowest BCUT2D eigenvalue weighted by atomic mass is 9.96. The van der Waals surface area contributed by atoms with Gasteiger partial charge in [0, 0.05) is 13.0 Å². The van der Waals surface area contributed by atoms with E-state index in [9.17, 15) is 14.4 Å². The highest BCUT2D eigenvalue weighted by Gasteiger charge is 2.23. The minimum absolute atomic E-state index is 0.0177. The van der Waals surface area contributed by atoms with Crippen LogP contribution in [-0.4, -0.2) is 35.4 Å². The van der Waals surface area contributed by atoms with Crippen LogP contribution in [0.25, 0.3) is 0 Å². The molecule has 0 aliphatic carbocycles. The molecule has 0 aromatic rings. The second-order valence-electron chi connectivity index (χ2n) is 4.85. The van der Waals surface area contributed by atoms with E-state index in [0.717, 1.165) is 12.8 Å². The van der Waals surface area contributed by atoms with Gasteiger partial charge in [-0.25, -0.2) is 0 Å². The van der Waals surface area contributed by atoms with Crippen LogP contribution in [0.5, 0.6) is 0 Å². The zero-order valence-corrected chi connectivity index (χ0v) is 13.2. The van der Waals surface area contributed by atoms with E-state index < -0.39 is 11.8 Å². The summed E-state index contributed by atoms with van der Waals surface area (Å²) in [5.74, 6) is -0.918. The lowest BCUT2D eigenvalue weighted by Gasteiger charge is -2.12. The normalized spacial score (nSPS) is 12.3. The molecule has 0 radical (unpaired) electrons. The molecule has 0 saturated carbocycles. The van der Waals surface area contributed by atoms with Gasteiger partial charge in [0.25, 0.3) is 0 Å². The zero-order chi connectivity index (χ0) is 14.8. The zero-order valence-electron chi connectivity index (χ0n) is 11.6. The van der Waals surface area contributed by atoms with Gasteiger partial charge in [0.1, 0.15) is 0 Å². The maximum Gasteiger partial charge on any atom is 0.230 e. The number of nitrogens with one attached hydrogen (secondary N) is 1. The Morgan fingerprint density at radius 2 is 1.79 bits per heavy atom. The Balaban J connectivity index is 3.69. The first-order chi connectivity index (χ1) is 8.90. The van der Waals surface area contributed by atoms with Crippen LogP contribution in [0.3, 0.4) is 0 Å². The topological polar surface area (TPSA) is 89.3 Å². The summed E-state index contributed by atoms with van der Waals surface area (Å²) in [4.78, 5) is 34.1. The van der Waals surface area contributed by atoms with Crippen LogP contribution in [0.2, 0.25) is 0 Å². The van der Waals surface area contributed by atoms with Crippen molar-refractivity contribution in [3.05, 3.63) is 0 Å². The molecule has 6 heteroatoms. The van der Waals surface area contributed by atoms with Crippen LogP contribution in [0.15, 0.2) is 0 Å². The van der Waals surface area contributed by atoms with Crippen molar-refractivity contribution in [3.8, 4) is 0 Å². The summed E-state index contributed by atoms with van der Waals surface area (Å²) in [5.41, 5.74) is 5.64. The van der Waals surface area contributed by atoms with E-state index in [1.807, 2.05) is 13.8 Å². The smallest absolute Gasteiger partial charge is 0.230 e. The fourth-order valence-corrected chi connectivity index (χ4v) is 1.67. The second kappa shape index (κ2) is 10.1. The number of Topliss-reactive ketones (excluding diaryl/α,β-unsaturated/α-hetero) is 2. The number of hydrogen-bond donors (Lipinski definition) is 2. The summed E-state index contributed by atoms with van der Waals surface area (Å²) in [6.07, 6.45) is 2.50. The Labute approximate surface area is 122 Å². The maximum absolute atomic E-state index is 11.6. The summed E-state index contributed by atoms with van der Waals surface area (Å²) in [7, 11) is 0. The molecule has 0 rings (SSSR count). The highest BCUT2D eigenvalue weighted by Crippen LogP contribution is 2.05. The Morgan fingerprint density at radius 3 is 2.32 bits per heavy atom. The van der Waals surface area contributed by atoms with E-state index in [1.54, 1.807) is 0 Å². The number of amides is 1. The van der Waals surface area contributed by atoms with E-state index in [2.05, 4.69) is 21.2 Å². The third-order valence-electron chi connectivity index (χ3n) is 2.82. The number of alkyl halides is 1. The summed E-state index contributed by atoms with van der Waals surface area (Å²) in [5, 5.41) is 3.02. The number of ketones is 2. The van der Waals surface area contributed by atoms with Gasteiger partial charge in [-0.05, 0) is 18.8 Å². The molecule has 110 valence electrons. The summed E-state index contributed by atoms with van der Waals surface area (Å²) >= 11 is 3.05. The molecule has 5 nitrogen and oxygen atoms in total. The number of unbranched alkanes of at least 4 members (excludes halogenated alkanes) is 2. The fraction of sp³-hybridized carbons (Fsp3) is 0.769. The van der Waals surface area contributed by atoms with Crippen LogP contribution in [0.1, 0.15) is 39.5 Å². The van der Waals surface area contributed by atoms with Gasteiger partial charge in [-0.15, -0.1) is 0 Å². The molecule has 0 aromatic carbocycles. The van der Waals surface area contributed by atoms with Gasteiger partial charge in [0.2, 0.25) is 11.7 Å². The van der Waals surface area contributed by atoms with E-state index in [1.165, 1.54) is 0 Å². The van der Waals surface area contributed by atoms with Gasteiger partial charge < -0.3 is 11.1 Å². The maximum atomic E-state index is 11.6. The van der Waals surface area contributed by atoms with Crippen LogP contribution in [0, 0.1) is 5.92 Å². The summed E-state index contributed by atoms with van der Waals surface area (Å²) in [6.45, 7) is 4.24. The minimum atomic E-state index is -0.689. The molecule has 1 atom stereocenters. The van der Waals surface area contributed by atoms with E-state index in [-0.39, 0.29) is 24.0 Å². The molecule has 3 N–H and O–H groups in total. The van der Waals surface area contributed by atoms with E-state index in [0.29, 0.717) is 18.3 Å². The molecular formula is C13H23BrN2O3. The van der Waals surface area contributed by atoms with Crippen LogP contribution >= 0.6 is 15.9 Å². The first-order valence-corrected chi connectivity index (χ1v) is 7.67. The van der Waals surface area contributed by atoms with Crippen molar-refractivity contribution >= 4 is 33.4 Å². The number of rotatable bonds is 10. The number of halogens is 1. The monoisotopic (exact) mass is 334 g/mol. The molecule has 0 aliphatic rings. The predicted molar refractivity (Wildman–Crippen MR) is 78.1 cm³/mol. The van der Waals surface area contributed by atoms with E-state index in [4.69, 9.17) is 5.73 Å². The van der Waals surface area contributed by atoms with Crippen LogP contribution in [-0.2, 0) is 14.4 Å². The first kappa shape index (κ1) is 18.2. The fourth-order valence-electron chi connectivity index (χ4n) is 1.47. The number of carbonyl (C=O) groups is 3. The number of hydrogen-bond acceptors (Lipinski definition) is 4. The van der Waals surface area contributed by atoms with Gasteiger partial charge in [-0.1, -0.05) is 36.2 Å². The third kappa shape index (κ3) is 8.10. The molecular weight excluding hydrogens is 312 g/mol. The lowest BCUT2D eigenvalue weighted by molar-refractivity contribution is -0.137. The highest BCUT2D eigenvalue weighted by molar-refractivity contribution is 9.09. The van der Waals surface area contributed by atoms with Gasteiger partial charge in [0.05, 0.1) is 11.4 Å². The second-order valence-corrected chi connectivity index (χ2v) is 5.41. The minimum Gasteiger partial charge on any atom is -0.355 e. The van der Waals surface area contributed by atoms with Gasteiger partial charge in [-0.3, -0.25) is 14.4 Å². The molecule has 1 unspecified atom stereocenters. The molecule has 19 heavy (non-hydrogen) atoms. The highest BCUT2D eigenvalue weighted by atomic mass is 79.9. The van der Waals surface area contributed by atoms with Crippen LogP contribution in [0.4, 0.5) is 0 Å². The SMILES string of the molecule is CC(C)C(N)C(=O)C(=O)CCCCCNC(=O)CBr. The van der Waals surface area contributed by atoms with Gasteiger partial charge in [-0.2, -0.15) is 0 Å². The average molecular weight is 335 g/mol. The molecule has 1 amide bonds.